The normalized spacial score (nSPS) is 10.2. The van der Waals surface area contributed by atoms with Crippen molar-refractivity contribution in [1.29, 1.82) is 0 Å². The van der Waals surface area contributed by atoms with Gasteiger partial charge in [-0.05, 0) is 30.2 Å². The van der Waals surface area contributed by atoms with Crippen molar-refractivity contribution >= 4 is 28.3 Å². The van der Waals surface area contributed by atoms with Gasteiger partial charge in [-0.3, -0.25) is 10.1 Å². The lowest BCUT2D eigenvalue weighted by atomic mass is 10.1. The van der Waals surface area contributed by atoms with E-state index in [-0.39, 0.29) is 5.56 Å². The lowest BCUT2D eigenvalue weighted by molar-refractivity contribution is 0.100. The molecular formula is C15H17N3O4S. The van der Waals surface area contributed by atoms with Crippen LogP contribution in [0, 0.1) is 6.92 Å². The fraction of sp³-hybridized carbons (Fsp3) is 0.200. The molecule has 0 radical (unpaired) electrons. The molecule has 2 rings (SSSR count). The molecule has 8 heteroatoms. The number of rotatable bonds is 5. The summed E-state index contributed by atoms with van der Waals surface area (Å²) in [5.74, 6) is 0.581. The number of carbonyl (C=O) groups is 2. The molecule has 0 atom stereocenters. The van der Waals surface area contributed by atoms with Gasteiger partial charge in [-0.25, -0.2) is 4.79 Å². The molecule has 0 aliphatic carbocycles. The number of thiophene rings is 1. The molecule has 0 unspecified atom stereocenters. The van der Waals surface area contributed by atoms with Gasteiger partial charge in [0.05, 0.1) is 19.8 Å². The molecule has 3 amide bonds. The first-order valence-corrected chi connectivity index (χ1v) is 7.42. The third-order valence-electron chi connectivity index (χ3n) is 3.24. The SMILES string of the molecule is COc1cc(OC)cc(-c2sc(NC(N)=O)c(C(N)=O)c2C)c1. The second kappa shape index (κ2) is 6.57. The van der Waals surface area contributed by atoms with E-state index < -0.39 is 11.9 Å². The average Bonchev–Trinajstić information content (AvgIpc) is 2.82. The molecule has 0 bridgehead atoms. The summed E-state index contributed by atoms with van der Waals surface area (Å²) in [6.45, 7) is 1.75. The summed E-state index contributed by atoms with van der Waals surface area (Å²) in [6, 6.07) is 4.59. The van der Waals surface area contributed by atoms with Gasteiger partial charge in [0.1, 0.15) is 16.5 Å². The summed E-state index contributed by atoms with van der Waals surface area (Å²) in [6.07, 6.45) is 0. The monoisotopic (exact) mass is 335 g/mol. The summed E-state index contributed by atoms with van der Waals surface area (Å²) in [5.41, 5.74) is 12.2. The van der Waals surface area contributed by atoms with E-state index in [1.807, 2.05) is 0 Å². The number of carbonyl (C=O) groups excluding carboxylic acids is 2. The summed E-state index contributed by atoms with van der Waals surface area (Å²) in [5, 5.41) is 2.76. The van der Waals surface area contributed by atoms with Crippen LogP contribution in [-0.4, -0.2) is 26.2 Å². The molecule has 0 fully saturated rings. The van der Waals surface area contributed by atoms with Crippen LogP contribution in [0.1, 0.15) is 15.9 Å². The molecule has 122 valence electrons. The van der Waals surface area contributed by atoms with Crippen LogP contribution in [0.25, 0.3) is 10.4 Å². The first-order valence-electron chi connectivity index (χ1n) is 6.60. The summed E-state index contributed by atoms with van der Waals surface area (Å²) < 4.78 is 10.5. The van der Waals surface area contributed by atoms with E-state index in [2.05, 4.69) is 5.32 Å². The number of nitrogens with two attached hydrogens (primary N) is 2. The molecule has 0 saturated heterocycles. The maximum atomic E-state index is 11.7. The molecule has 0 aliphatic rings. The highest BCUT2D eigenvalue weighted by molar-refractivity contribution is 7.20. The lowest BCUT2D eigenvalue weighted by Crippen LogP contribution is -2.21. The van der Waals surface area contributed by atoms with Crippen molar-refractivity contribution < 1.29 is 19.1 Å². The minimum atomic E-state index is -0.761. The smallest absolute Gasteiger partial charge is 0.317 e. The predicted octanol–water partition coefficient (Wildman–Crippen LogP) is 2.33. The molecule has 1 aromatic heterocycles. The van der Waals surface area contributed by atoms with Crippen LogP contribution < -0.4 is 26.3 Å². The van der Waals surface area contributed by atoms with Crippen LogP contribution in [0.4, 0.5) is 9.80 Å². The van der Waals surface area contributed by atoms with Crippen molar-refractivity contribution in [3.8, 4) is 21.9 Å². The average molecular weight is 335 g/mol. The Morgan fingerprint density at radius 2 is 1.65 bits per heavy atom. The van der Waals surface area contributed by atoms with E-state index in [1.165, 1.54) is 11.3 Å². The Bertz CT molecular complexity index is 748. The highest BCUT2D eigenvalue weighted by Gasteiger charge is 2.21. The number of methoxy groups -OCH3 is 2. The van der Waals surface area contributed by atoms with Gasteiger partial charge in [0.2, 0.25) is 0 Å². The molecule has 23 heavy (non-hydrogen) atoms. The molecule has 5 N–H and O–H groups in total. The fourth-order valence-electron chi connectivity index (χ4n) is 2.22. The molecule has 2 aromatic rings. The van der Waals surface area contributed by atoms with Crippen LogP contribution in [-0.2, 0) is 0 Å². The van der Waals surface area contributed by atoms with E-state index in [1.54, 1.807) is 39.3 Å². The maximum Gasteiger partial charge on any atom is 0.317 e. The summed E-state index contributed by atoms with van der Waals surface area (Å²) in [7, 11) is 3.10. The molecule has 1 heterocycles. The van der Waals surface area contributed by atoms with Crippen LogP contribution in [0.2, 0.25) is 0 Å². The number of urea groups is 1. The van der Waals surface area contributed by atoms with E-state index in [0.717, 1.165) is 10.4 Å². The van der Waals surface area contributed by atoms with Gasteiger partial charge in [-0.15, -0.1) is 11.3 Å². The Kier molecular flexibility index (Phi) is 4.75. The number of primary amides is 2. The van der Waals surface area contributed by atoms with Gasteiger partial charge in [0.25, 0.3) is 5.91 Å². The third-order valence-corrected chi connectivity index (χ3v) is 4.50. The summed E-state index contributed by atoms with van der Waals surface area (Å²) >= 11 is 1.21. The van der Waals surface area contributed by atoms with E-state index in [0.29, 0.717) is 22.1 Å². The Morgan fingerprint density at radius 1 is 1.09 bits per heavy atom. The minimum absolute atomic E-state index is 0.241. The van der Waals surface area contributed by atoms with E-state index in [9.17, 15) is 9.59 Å². The molecule has 0 aliphatic heterocycles. The molecule has 1 aromatic carbocycles. The largest absolute Gasteiger partial charge is 0.497 e. The van der Waals surface area contributed by atoms with Gasteiger partial charge >= 0.3 is 6.03 Å². The molecule has 0 spiro atoms. The number of anilines is 1. The van der Waals surface area contributed by atoms with Gasteiger partial charge in [0, 0.05) is 10.9 Å². The number of hydrogen-bond donors (Lipinski definition) is 3. The number of amides is 3. The lowest BCUT2D eigenvalue weighted by Gasteiger charge is -2.08. The maximum absolute atomic E-state index is 11.7. The number of benzene rings is 1. The highest BCUT2D eigenvalue weighted by atomic mass is 32.1. The van der Waals surface area contributed by atoms with Crippen LogP contribution in [0.3, 0.4) is 0 Å². The zero-order valence-corrected chi connectivity index (χ0v) is 13.7. The number of ether oxygens (including phenoxy) is 2. The van der Waals surface area contributed by atoms with Crippen molar-refractivity contribution in [3.63, 3.8) is 0 Å². The van der Waals surface area contributed by atoms with Gasteiger partial charge < -0.3 is 20.9 Å². The number of hydrogen-bond acceptors (Lipinski definition) is 5. The minimum Gasteiger partial charge on any atom is -0.497 e. The predicted molar refractivity (Wildman–Crippen MR) is 89.3 cm³/mol. The van der Waals surface area contributed by atoms with Gasteiger partial charge in [-0.2, -0.15) is 0 Å². The number of nitrogens with one attached hydrogen (secondary N) is 1. The van der Waals surface area contributed by atoms with E-state index in [4.69, 9.17) is 20.9 Å². The Balaban J connectivity index is 2.64. The van der Waals surface area contributed by atoms with Gasteiger partial charge in [0.15, 0.2) is 0 Å². The quantitative estimate of drug-likeness (QED) is 0.777. The van der Waals surface area contributed by atoms with Crippen molar-refractivity contribution in [2.75, 3.05) is 19.5 Å². The van der Waals surface area contributed by atoms with Crippen LogP contribution in [0.5, 0.6) is 11.5 Å². The van der Waals surface area contributed by atoms with Crippen LogP contribution in [0.15, 0.2) is 18.2 Å². The van der Waals surface area contributed by atoms with Gasteiger partial charge in [-0.1, -0.05) is 0 Å². The molecular weight excluding hydrogens is 318 g/mol. The Morgan fingerprint density at radius 3 is 2.09 bits per heavy atom. The Hall–Kier alpha value is -2.74. The van der Waals surface area contributed by atoms with Crippen molar-refractivity contribution in [2.24, 2.45) is 11.5 Å². The molecule has 7 nitrogen and oxygen atoms in total. The van der Waals surface area contributed by atoms with Crippen molar-refractivity contribution in [3.05, 3.63) is 29.3 Å². The topological polar surface area (TPSA) is 117 Å². The van der Waals surface area contributed by atoms with Crippen molar-refractivity contribution in [2.45, 2.75) is 6.92 Å². The standard InChI is InChI=1S/C15H17N3O4S/c1-7-11(13(16)19)14(18-15(17)20)23-12(7)8-4-9(21-2)6-10(5-8)22-3/h4-6H,1-3H3,(H2,16,19)(H3,17,18,20). The second-order valence-electron chi connectivity index (χ2n) is 4.72. The third kappa shape index (κ3) is 3.37. The van der Waals surface area contributed by atoms with Crippen LogP contribution >= 0.6 is 11.3 Å². The molecule has 0 saturated carbocycles. The van der Waals surface area contributed by atoms with E-state index >= 15 is 0 Å². The second-order valence-corrected chi connectivity index (χ2v) is 5.74. The zero-order chi connectivity index (χ0) is 17.1. The zero-order valence-electron chi connectivity index (χ0n) is 12.9. The highest BCUT2D eigenvalue weighted by Crippen LogP contribution is 2.41. The fourth-order valence-corrected chi connectivity index (χ4v) is 3.43. The van der Waals surface area contributed by atoms with Crippen molar-refractivity contribution in [1.82, 2.24) is 0 Å². The summed E-state index contributed by atoms with van der Waals surface area (Å²) in [4.78, 5) is 23.6. The Labute approximate surface area is 137 Å². The first-order chi connectivity index (χ1) is 10.9. The first kappa shape index (κ1) is 16.6.